The maximum atomic E-state index is 13.2. The molecule has 2 atom stereocenters. The van der Waals surface area contributed by atoms with Gasteiger partial charge in [-0.25, -0.2) is 13.2 Å². The van der Waals surface area contributed by atoms with E-state index < -0.39 is 34.0 Å². The number of carboxylic acid groups (broad SMARTS) is 1. The normalized spacial score (nSPS) is 19.6. The lowest BCUT2D eigenvalue weighted by Gasteiger charge is -2.32. The van der Waals surface area contributed by atoms with Crippen LogP contribution in [0.5, 0.6) is 0 Å². The molecule has 0 spiro atoms. The van der Waals surface area contributed by atoms with Crippen LogP contribution in [0.3, 0.4) is 0 Å². The van der Waals surface area contributed by atoms with Crippen molar-refractivity contribution in [3.05, 3.63) is 52.8 Å². The Morgan fingerprint density at radius 3 is 2.26 bits per heavy atom. The topological polar surface area (TPSA) is 129 Å². The molecule has 3 heterocycles. The number of aromatic nitrogens is 1. The predicted octanol–water partition coefficient (Wildman–Crippen LogP) is 3.24. The number of carboxylic acids is 1. The number of piperidine rings is 1. The van der Waals surface area contributed by atoms with E-state index in [1.165, 1.54) is 18.2 Å². The van der Waals surface area contributed by atoms with Crippen molar-refractivity contribution >= 4 is 51.0 Å². The number of hydrogen-bond donors (Lipinski definition) is 2. The number of amides is 2. The number of sulfonamides is 1. The van der Waals surface area contributed by atoms with E-state index in [9.17, 15) is 27.9 Å². The van der Waals surface area contributed by atoms with Crippen molar-refractivity contribution in [3.63, 3.8) is 0 Å². The van der Waals surface area contributed by atoms with Crippen LogP contribution in [0.2, 0.25) is 10.0 Å². The fourth-order valence-electron chi connectivity index (χ4n) is 5.21. The summed E-state index contributed by atoms with van der Waals surface area (Å²) in [5.41, 5.74) is 0. The van der Waals surface area contributed by atoms with E-state index in [1.54, 1.807) is 4.90 Å². The van der Waals surface area contributed by atoms with Gasteiger partial charge in [0.1, 0.15) is 12.1 Å². The van der Waals surface area contributed by atoms with Crippen molar-refractivity contribution in [1.82, 2.24) is 19.1 Å². The zero-order valence-corrected chi connectivity index (χ0v) is 23.7. The van der Waals surface area contributed by atoms with Crippen LogP contribution in [0.15, 0.2) is 47.6 Å². The Hall–Kier alpha value is -2.60. The Labute approximate surface area is 237 Å². The maximum absolute atomic E-state index is 13.2. The molecule has 4 rings (SSSR count). The van der Waals surface area contributed by atoms with Crippen LogP contribution in [0.4, 0.5) is 0 Å². The average Bonchev–Trinajstić information content (AvgIpc) is 3.59. The summed E-state index contributed by atoms with van der Waals surface area (Å²) in [4.78, 5) is 39.4. The number of carbonyl (C=O) groups excluding carboxylic acids is 2. The molecule has 0 bridgehead atoms. The van der Waals surface area contributed by atoms with Gasteiger partial charge in [-0.2, -0.15) is 4.31 Å². The van der Waals surface area contributed by atoms with Gasteiger partial charge in [0, 0.05) is 55.0 Å². The highest BCUT2D eigenvalue weighted by Gasteiger charge is 2.41. The number of rotatable bonds is 10. The molecule has 39 heavy (non-hydrogen) atoms. The molecule has 0 aliphatic carbocycles. The number of benzene rings is 1. The minimum atomic E-state index is -4.10. The summed E-state index contributed by atoms with van der Waals surface area (Å²) < 4.78 is 29.6. The third-order valence-corrected chi connectivity index (χ3v) is 9.64. The summed E-state index contributed by atoms with van der Waals surface area (Å²) in [6.07, 6.45) is 6.32. The van der Waals surface area contributed by atoms with Crippen LogP contribution in [0, 0.1) is 5.92 Å². The lowest BCUT2D eigenvalue weighted by Crippen LogP contribution is -2.51. The summed E-state index contributed by atoms with van der Waals surface area (Å²) >= 11 is 11.9. The number of aliphatic carboxylic acids is 1. The van der Waals surface area contributed by atoms with Gasteiger partial charge in [-0.1, -0.05) is 23.2 Å². The van der Waals surface area contributed by atoms with Gasteiger partial charge in [-0.05, 0) is 68.4 Å². The third-order valence-electron chi connectivity index (χ3n) is 7.31. The van der Waals surface area contributed by atoms with Crippen molar-refractivity contribution < 1.29 is 27.9 Å². The largest absolute Gasteiger partial charge is 0.480 e. The molecule has 10 nitrogen and oxygen atoms in total. The number of likely N-dealkylation sites (tertiary alicyclic amines) is 1. The van der Waals surface area contributed by atoms with Crippen LogP contribution in [0.25, 0.3) is 0 Å². The second kappa shape index (κ2) is 12.7. The number of nitrogens with zero attached hydrogens (tertiary/aromatic N) is 3. The van der Waals surface area contributed by atoms with Gasteiger partial charge < -0.3 is 19.9 Å². The number of halogens is 2. The van der Waals surface area contributed by atoms with Gasteiger partial charge in [-0.15, -0.1) is 0 Å². The van der Waals surface area contributed by atoms with Crippen molar-refractivity contribution in [2.45, 2.75) is 62.0 Å². The summed E-state index contributed by atoms with van der Waals surface area (Å²) in [5.74, 6) is -1.68. The summed E-state index contributed by atoms with van der Waals surface area (Å²) in [6.45, 7) is 2.22. The average molecular weight is 600 g/mol. The van der Waals surface area contributed by atoms with Gasteiger partial charge in [0.2, 0.25) is 21.8 Å². The van der Waals surface area contributed by atoms with Crippen molar-refractivity contribution in [3.8, 4) is 0 Å². The molecule has 2 aliphatic heterocycles. The lowest BCUT2D eigenvalue weighted by atomic mass is 9.96. The molecule has 2 aromatic rings. The van der Waals surface area contributed by atoms with Crippen LogP contribution in [-0.4, -0.2) is 76.8 Å². The van der Waals surface area contributed by atoms with Crippen molar-refractivity contribution in [2.75, 3.05) is 19.6 Å². The Morgan fingerprint density at radius 1 is 1.00 bits per heavy atom. The minimum absolute atomic E-state index is 0.0345. The van der Waals surface area contributed by atoms with E-state index in [0.29, 0.717) is 25.4 Å². The minimum Gasteiger partial charge on any atom is -0.480 e. The van der Waals surface area contributed by atoms with Crippen molar-refractivity contribution in [2.24, 2.45) is 5.92 Å². The molecule has 0 saturated carbocycles. The Kier molecular flexibility index (Phi) is 9.58. The van der Waals surface area contributed by atoms with Gasteiger partial charge in [-0.3, -0.25) is 9.59 Å². The third kappa shape index (κ3) is 7.33. The van der Waals surface area contributed by atoms with Crippen LogP contribution in [-0.2, 0) is 31.0 Å². The van der Waals surface area contributed by atoms with Crippen LogP contribution in [0.1, 0.15) is 38.5 Å². The first-order chi connectivity index (χ1) is 18.5. The molecule has 2 amide bonds. The summed E-state index contributed by atoms with van der Waals surface area (Å²) in [7, 11) is -4.10. The predicted molar refractivity (Wildman–Crippen MR) is 146 cm³/mol. The van der Waals surface area contributed by atoms with E-state index >= 15 is 0 Å². The summed E-state index contributed by atoms with van der Waals surface area (Å²) in [5, 5.41) is 12.4. The Bertz CT molecular complexity index is 1280. The Morgan fingerprint density at radius 2 is 1.64 bits per heavy atom. The van der Waals surface area contributed by atoms with Crippen LogP contribution >= 0.6 is 23.2 Å². The molecule has 0 radical (unpaired) electrons. The van der Waals surface area contributed by atoms with Gasteiger partial charge in [0.25, 0.3) is 0 Å². The van der Waals surface area contributed by atoms with E-state index in [4.69, 9.17) is 23.2 Å². The maximum Gasteiger partial charge on any atom is 0.326 e. The molecule has 1 aromatic carbocycles. The number of hydrogen-bond acceptors (Lipinski definition) is 5. The SMILES string of the molecule is O=C(O)[C@H](CCC(=O)N1CCC(Cn2cccc2)CC1)NC(=O)[C@@H]1CCCN1S(=O)(=O)c1cc(Cl)cc(Cl)c1. The van der Waals surface area contributed by atoms with E-state index in [-0.39, 0.29) is 46.7 Å². The quantitative estimate of drug-likeness (QED) is 0.432. The van der Waals surface area contributed by atoms with Gasteiger partial charge >= 0.3 is 5.97 Å². The molecule has 2 saturated heterocycles. The van der Waals surface area contributed by atoms with Gasteiger partial charge in [0.15, 0.2) is 0 Å². The zero-order valence-electron chi connectivity index (χ0n) is 21.3. The first-order valence-electron chi connectivity index (χ1n) is 12.9. The molecular weight excluding hydrogens is 567 g/mol. The molecular formula is C26H32Cl2N4O6S. The second-order valence-corrected chi connectivity index (χ2v) is 12.8. The molecule has 0 unspecified atom stereocenters. The number of carbonyl (C=O) groups is 3. The molecule has 212 valence electrons. The Balaban J connectivity index is 1.32. The van der Waals surface area contributed by atoms with Crippen LogP contribution < -0.4 is 5.32 Å². The highest BCUT2D eigenvalue weighted by atomic mass is 35.5. The number of nitrogens with one attached hydrogen (secondary N) is 1. The fraction of sp³-hybridized carbons (Fsp3) is 0.500. The van der Waals surface area contributed by atoms with E-state index in [1.807, 2.05) is 24.5 Å². The smallest absolute Gasteiger partial charge is 0.326 e. The molecule has 2 aliphatic rings. The molecule has 2 N–H and O–H groups in total. The molecule has 13 heteroatoms. The van der Waals surface area contributed by atoms with Gasteiger partial charge in [0.05, 0.1) is 4.90 Å². The molecule has 2 fully saturated rings. The lowest BCUT2D eigenvalue weighted by molar-refractivity contribution is -0.143. The monoisotopic (exact) mass is 598 g/mol. The standard InChI is InChI=1S/C26H32Cl2N4O6S/c27-19-14-20(28)16-21(15-19)39(37,38)32-11-3-4-23(32)25(34)29-22(26(35)36)5-6-24(33)31-12-7-18(8-13-31)17-30-9-1-2-10-30/h1-2,9-10,14-16,18,22-23H,3-8,11-13,17H2,(H,29,34)(H,35,36)/t22-,23-/m0/s1. The van der Waals surface area contributed by atoms with E-state index in [2.05, 4.69) is 9.88 Å². The van der Waals surface area contributed by atoms with Crippen molar-refractivity contribution in [1.29, 1.82) is 0 Å². The summed E-state index contributed by atoms with van der Waals surface area (Å²) in [6, 6.07) is 5.48. The van der Waals surface area contributed by atoms with E-state index in [0.717, 1.165) is 23.7 Å². The fourth-order valence-corrected chi connectivity index (χ4v) is 7.59. The molecule has 1 aromatic heterocycles. The first-order valence-corrected chi connectivity index (χ1v) is 15.1. The second-order valence-electron chi connectivity index (χ2n) is 10.0. The highest BCUT2D eigenvalue weighted by Crippen LogP contribution is 2.30. The first kappa shape index (κ1) is 29.4. The zero-order chi connectivity index (χ0) is 28.2. The highest BCUT2D eigenvalue weighted by molar-refractivity contribution is 7.89.